The summed E-state index contributed by atoms with van der Waals surface area (Å²) in [6.07, 6.45) is 9.38. The molecule has 2 N–H and O–H groups in total. The van der Waals surface area contributed by atoms with Crippen LogP contribution in [0, 0.1) is 0 Å². The lowest BCUT2D eigenvalue weighted by atomic mass is 10.2. The molecule has 10 rings (SSSR count). The zero-order chi connectivity index (χ0) is 50.5. The Balaban J connectivity index is 0.000000178. The molecule has 0 aliphatic carbocycles. The quantitative estimate of drug-likeness (QED) is 0.141. The van der Waals surface area contributed by atoms with Crippen LogP contribution in [0.3, 0.4) is 0 Å². The smallest absolute Gasteiger partial charge is 0.273 e. The number of benzene rings is 2. The lowest BCUT2D eigenvalue weighted by Gasteiger charge is -2.34. The van der Waals surface area contributed by atoms with E-state index in [9.17, 15) is 19.2 Å². The predicted octanol–water partition coefficient (Wildman–Crippen LogP) is 5.39. The summed E-state index contributed by atoms with van der Waals surface area (Å²) in [5, 5.41) is 15.9. The number of nitrogens with zero attached hydrogens (tertiary/aromatic N) is 14. The highest BCUT2D eigenvalue weighted by atomic mass is 16.2. The van der Waals surface area contributed by atoms with Gasteiger partial charge in [0.25, 0.3) is 11.8 Å². The molecule has 72 heavy (non-hydrogen) atoms. The molecule has 8 heterocycles. The number of piperazine rings is 2. The number of para-hydroxylation sites is 2. The fourth-order valence-electron chi connectivity index (χ4n) is 9.24. The topological polar surface area (TPSA) is 199 Å². The van der Waals surface area contributed by atoms with E-state index >= 15 is 0 Å². The molecule has 20 nitrogen and oxygen atoms in total. The third kappa shape index (κ3) is 10.6. The minimum absolute atomic E-state index is 0.0506. The van der Waals surface area contributed by atoms with Gasteiger partial charge in [0.1, 0.15) is 23.0 Å². The maximum Gasteiger partial charge on any atom is 0.273 e. The number of anilines is 4. The molecule has 2 fully saturated rings. The van der Waals surface area contributed by atoms with Crippen LogP contribution in [-0.4, -0.2) is 147 Å². The first kappa shape index (κ1) is 49.1. The third-order valence-electron chi connectivity index (χ3n) is 14.1. The number of aromatic nitrogens is 8. The van der Waals surface area contributed by atoms with E-state index in [-0.39, 0.29) is 35.7 Å². The van der Waals surface area contributed by atoms with Crippen molar-refractivity contribution in [2.75, 3.05) is 72.8 Å². The van der Waals surface area contributed by atoms with Crippen LogP contribution in [0.15, 0.2) is 85.5 Å². The molecule has 0 saturated carbocycles. The average molecular weight is 977 g/mol. The monoisotopic (exact) mass is 977 g/mol. The average Bonchev–Trinajstić information content (AvgIpc) is 4.24. The molecule has 4 aliphatic heterocycles. The molecule has 2 saturated heterocycles. The van der Waals surface area contributed by atoms with Gasteiger partial charge in [0.2, 0.25) is 23.7 Å². The summed E-state index contributed by atoms with van der Waals surface area (Å²) in [4.78, 5) is 80.7. The Hall–Kier alpha value is -7.90. The van der Waals surface area contributed by atoms with Crippen LogP contribution in [0.25, 0.3) is 11.4 Å². The molecule has 4 aliphatic rings. The van der Waals surface area contributed by atoms with Crippen molar-refractivity contribution in [2.45, 2.75) is 92.6 Å². The molecule has 0 bridgehead atoms. The highest BCUT2D eigenvalue weighted by molar-refractivity contribution is 5.99. The minimum atomic E-state index is -0.0506. The van der Waals surface area contributed by atoms with E-state index in [0.717, 1.165) is 46.5 Å². The highest BCUT2D eigenvalue weighted by Gasteiger charge is 2.37. The highest BCUT2D eigenvalue weighted by Crippen LogP contribution is 2.33. The van der Waals surface area contributed by atoms with Crippen molar-refractivity contribution in [1.82, 2.24) is 59.1 Å². The fraction of sp³-hybridized carbons (Fsp3) is 0.423. The van der Waals surface area contributed by atoms with Gasteiger partial charge in [-0.15, -0.1) is 0 Å². The first-order valence-corrected chi connectivity index (χ1v) is 25.0. The van der Waals surface area contributed by atoms with E-state index in [1.165, 1.54) is 0 Å². The van der Waals surface area contributed by atoms with Crippen LogP contribution in [0.4, 0.5) is 23.5 Å². The van der Waals surface area contributed by atoms with Crippen molar-refractivity contribution in [1.29, 1.82) is 0 Å². The standard InChI is InChI=1S/2C26H32N8O2/c2*1-4-18(2)33-17-22-23(25(33)36)29-26(32-12-10-31(11-13-32)19(3)35)30-24(22)27-14-20-15-28-34(16-20)21-8-6-5-7-9-21/h2*5-9,15-16,18H,4,10-14,17H2,1-3H3,(H,27,29,30). The maximum absolute atomic E-state index is 13.3. The Morgan fingerprint density at radius 3 is 1.28 bits per heavy atom. The van der Waals surface area contributed by atoms with Crippen LogP contribution in [0.2, 0.25) is 0 Å². The van der Waals surface area contributed by atoms with Gasteiger partial charge in [-0.05, 0) is 51.0 Å². The molecule has 20 heteroatoms. The molecule has 4 aromatic heterocycles. The minimum Gasteiger partial charge on any atom is -0.365 e. The normalized spacial score (nSPS) is 16.3. The Morgan fingerprint density at radius 1 is 0.556 bits per heavy atom. The number of rotatable bonds is 14. The number of carbonyl (C=O) groups excluding carboxylic acids is 4. The summed E-state index contributed by atoms with van der Waals surface area (Å²) in [7, 11) is 0. The Bertz CT molecular complexity index is 2700. The van der Waals surface area contributed by atoms with Crippen LogP contribution in [0.1, 0.15) is 97.6 Å². The SMILES string of the molecule is CCC(C)N1Cc2c(NCc3cnn(-c4ccccc4)c3)nc(N3CCN(C(C)=O)CC3)nc2C1=O.CCC(C)N1Cc2c(NCc3cnn(-c4ccccc4)c3)nc(N3CCN(C(C)=O)CC3)nc2C1=O. The van der Waals surface area contributed by atoms with E-state index in [4.69, 9.17) is 19.9 Å². The first-order chi connectivity index (χ1) is 34.9. The largest absolute Gasteiger partial charge is 0.365 e. The van der Waals surface area contributed by atoms with Crippen molar-refractivity contribution in [2.24, 2.45) is 0 Å². The van der Waals surface area contributed by atoms with E-state index in [1.54, 1.807) is 13.8 Å². The van der Waals surface area contributed by atoms with Gasteiger partial charge < -0.3 is 40.0 Å². The summed E-state index contributed by atoms with van der Waals surface area (Å²) in [6, 6.07) is 20.2. The van der Waals surface area contributed by atoms with Crippen molar-refractivity contribution in [3.63, 3.8) is 0 Å². The van der Waals surface area contributed by atoms with Crippen molar-refractivity contribution < 1.29 is 19.2 Å². The number of nitrogens with one attached hydrogen (secondary N) is 2. The summed E-state index contributed by atoms with van der Waals surface area (Å²) in [6.45, 7) is 18.5. The van der Waals surface area contributed by atoms with Gasteiger partial charge in [0.15, 0.2) is 0 Å². The van der Waals surface area contributed by atoms with Gasteiger partial charge in [-0.3, -0.25) is 19.2 Å². The molecule has 4 amide bonds. The van der Waals surface area contributed by atoms with Gasteiger partial charge in [0, 0.05) is 126 Å². The van der Waals surface area contributed by atoms with Crippen molar-refractivity contribution in [3.05, 3.63) is 119 Å². The lowest BCUT2D eigenvalue weighted by Crippen LogP contribution is -2.48. The van der Waals surface area contributed by atoms with Crippen LogP contribution >= 0.6 is 0 Å². The van der Waals surface area contributed by atoms with Gasteiger partial charge >= 0.3 is 0 Å². The van der Waals surface area contributed by atoms with E-state index in [1.807, 2.05) is 114 Å². The summed E-state index contributed by atoms with van der Waals surface area (Å²) in [5.74, 6) is 2.45. The Kier molecular flexibility index (Phi) is 14.7. The van der Waals surface area contributed by atoms with E-state index in [2.05, 4.69) is 58.3 Å². The van der Waals surface area contributed by atoms with Crippen molar-refractivity contribution in [3.8, 4) is 11.4 Å². The van der Waals surface area contributed by atoms with Gasteiger partial charge in [-0.25, -0.2) is 19.3 Å². The molecule has 6 aromatic rings. The molecule has 2 atom stereocenters. The van der Waals surface area contributed by atoms with E-state index < -0.39 is 0 Å². The van der Waals surface area contributed by atoms with Crippen LogP contribution in [0.5, 0.6) is 0 Å². The van der Waals surface area contributed by atoms with Gasteiger partial charge in [-0.2, -0.15) is 20.2 Å². The van der Waals surface area contributed by atoms with Crippen LogP contribution in [-0.2, 0) is 35.8 Å². The number of amides is 4. The maximum atomic E-state index is 13.3. The van der Waals surface area contributed by atoms with Gasteiger partial charge in [0.05, 0.1) is 36.9 Å². The molecule has 2 unspecified atom stereocenters. The summed E-state index contributed by atoms with van der Waals surface area (Å²) >= 11 is 0. The second kappa shape index (κ2) is 21.6. The first-order valence-electron chi connectivity index (χ1n) is 25.0. The summed E-state index contributed by atoms with van der Waals surface area (Å²) < 4.78 is 3.69. The molecule has 0 spiro atoms. The summed E-state index contributed by atoms with van der Waals surface area (Å²) in [5.41, 5.74) is 6.61. The molecular weight excluding hydrogens is 913 g/mol. The third-order valence-corrected chi connectivity index (χ3v) is 14.1. The van der Waals surface area contributed by atoms with Gasteiger partial charge in [-0.1, -0.05) is 50.2 Å². The number of carbonyl (C=O) groups is 4. The second-order valence-electron chi connectivity index (χ2n) is 18.7. The number of fused-ring (bicyclic) bond motifs is 2. The zero-order valence-electron chi connectivity index (χ0n) is 42.0. The number of hydrogen-bond donors (Lipinski definition) is 2. The zero-order valence-corrected chi connectivity index (χ0v) is 42.0. The van der Waals surface area contributed by atoms with E-state index in [0.29, 0.717) is 113 Å². The van der Waals surface area contributed by atoms with Crippen molar-refractivity contribution >= 4 is 47.2 Å². The Morgan fingerprint density at radius 2 is 0.931 bits per heavy atom. The van der Waals surface area contributed by atoms with Crippen LogP contribution < -0.4 is 20.4 Å². The lowest BCUT2D eigenvalue weighted by molar-refractivity contribution is -0.129. The predicted molar refractivity (Wildman–Crippen MR) is 274 cm³/mol. The molecule has 376 valence electrons. The number of hydrogen-bond acceptors (Lipinski definition) is 14. The second-order valence-corrected chi connectivity index (χ2v) is 18.7. The molecular formula is C52H64N16O4. The fourth-order valence-corrected chi connectivity index (χ4v) is 9.24. The molecule has 2 aromatic carbocycles. The Labute approximate surface area is 420 Å². The molecule has 0 radical (unpaired) electrons.